The molecule has 3 atom stereocenters. The van der Waals surface area contributed by atoms with Gasteiger partial charge in [-0.25, -0.2) is 4.79 Å². The molecule has 0 heterocycles. The van der Waals surface area contributed by atoms with E-state index in [0.717, 1.165) is 10.8 Å². The fourth-order valence-electron chi connectivity index (χ4n) is 4.47. The molecule has 1 aliphatic carbocycles. The van der Waals surface area contributed by atoms with Gasteiger partial charge in [0.05, 0.1) is 25.9 Å². The van der Waals surface area contributed by atoms with Crippen LogP contribution in [0.3, 0.4) is 0 Å². The average molecular weight is 450 g/mol. The lowest BCUT2D eigenvalue weighted by Crippen LogP contribution is -2.51. The van der Waals surface area contributed by atoms with Gasteiger partial charge in [0, 0.05) is 11.5 Å². The quantitative estimate of drug-likeness (QED) is 0.464. The Morgan fingerprint density at radius 2 is 1.64 bits per heavy atom. The first-order valence-corrected chi connectivity index (χ1v) is 11.0. The number of carbonyl (C=O) groups is 3. The fourth-order valence-corrected chi connectivity index (χ4v) is 4.47. The van der Waals surface area contributed by atoms with Crippen molar-refractivity contribution in [2.75, 3.05) is 19.8 Å². The Morgan fingerprint density at radius 1 is 0.970 bits per heavy atom. The standard InChI is InChI=1S/C26H27NO6/c1-4-31-23(28)20-13-14-21(19-12-11-17-9-7-8-10-18(17)15-19)26(16-27,25(30)33-6-3)22(20)24(29)32-5-2/h7-13,15,21-22H,4-6,14H2,1-3H3/t21-,22+,26-/m1/s1. The molecular formula is C26H27NO6. The van der Waals surface area contributed by atoms with Crippen LogP contribution in [0.5, 0.6) is 0 Å². The van der Waals surface area contributed by atoms with Crippen LogP contribution in [-0.2, 0) is 28.6 Å². The number of ether oxygens (including phenoxy) is 3. The minimum absolute atomic E-state index is 0.0146. The molecular weight excluding hydrogens is 422 g/mol. The van der Waals surface area contributed by atoms with Gasteiger partial charge in [0.2, 0.25) is 0 Å². The number of fused-ring (bicyclic) bond motifs is 1. The van der Waals surface area contributed by atoms with Crippen molar-refractivity contribution in [3.05, 3.63) is 59.7 Å². The summed E-state index contributed by atoms with van der Waals surface area (Å²) >= 11 is 0. The normalized spacial score (nSPS) is 22.1. The van der Waals surface area contributed by atoms with Gasteiger partial charge >= 0.3 is 17.9 Å². The van der Waals surface area contributed by atoms with E-state index < -0.39 is 35.2 Å². The molecule has 0 N–H and O–H groups in total. The molecule has 33 heavy (non-hydrogen) atoms. The van der Waals surface area contributed by atoms with Crippen LogP contribution in [0.15, 0.2) is 54.1 Å². The number of rotatable bonds is 7. The molecule has 0 amide bonds. The Labute approximate surface area is 192 Å². The number of esters is 3. The molecule has 0 bridgehead atoms. The molecule has 2 aromatic rings. The third-order valence-corrected chi connectivity index (χ3v) is 5.90. The number of nitriles is 1. The van der Waals surface area contributed by atoms with Crippen LogP contribution in [0, 0.1) is 22.7 Å². The molecule has 1 aliphatic rings. The van der Waals surface area contributed by atoms with Crippen molar-refractivity contribution < 1.29 is 28.6 Å². The minimum atomic E-state index is -2.00. The second-order valence-electron chi connectivity index (χ2n) is 7.66. The van der Waals surface area contributed by atoms with Crippen molar-refractivity contribution in [2.24, 2.45) is 11.3 Å². The second kappa shape index (κ2) is 10.3. The summed E-state index contributed by atoms with van der Waals surface area (Å²) in [7, 11) is 0. The first-order chi connectivity index (χ1) is 15.9. The first kappa shape index (κ1) is 24.0. The van der Waals surface area contributed by atoms with Gasteiger partial charge in [-0.15, -0.1) is 0 Å². The van der Waals surface area contributed by atoms with E-state index >= 15 is 0 Å². The Hall–Kier alpha value is -3.66. The summed E-state index contributed by atoms with van der Waals surface area (Å²) in [5.74, 6) is -4.67. The van der Waals surface area contributed by atoms with Crippen molar-refractivity contribution in [3.8, 4) is 6.07 Å². The van der Waals surface area contributed by atoms with Crippen molar-refractivity contribution in [2.45, 2.75) is 33.1 Å². The molecule has 3 rings (SSSR count). The molecule has 0 fully saturated rings. The third-order valence-electron chi connectivity index (χ3n) is 5.90. The van der Waals surface area contributed by atoms with E-state index in [4.69, 9.17) is 14.2 Å². The lowest BCUT2D eigenvalue weighted by atomic mass is 9.58. The van der Waals surface area contributed by atoms with Crippen molar-refractivity contribution in [3.63, 3.8) is 0 Å². The highest BCUT2D eigenvalue weighted by molar-refractivity contribution is 6.01. The summed E-state index contributed by atoms with van der Waals surface area (Å²) in [5, 5.41) is 12.4. The molecule has 172 valence electrons. The summed E-state index contributed by atoms with van der Waals surface area (Å²) in [6, 6.07) is 15.4. The lowest BCUT2D eigenvalue weighted by Gasteiger charge is -2.41. The van der Waals surface area contributed by atoms with E-state index in [9.17, 15) is 19.6 Å². The summed E-state index contributed by atoms with van der Waals surface area (Å²) in [6.45, 7) is 5.00. The molecule has 0 saturated heterocycles. The largest absolute Gasteiger partial charge is 0.465 e. The Kier molecular flexibility index (Phi) is 7.49. The molecule has 0 radical (unpaired) electrons. The monoisotopic (exact) mass is 449 g/mol. The molecule has 0 saturated carbocycles. The zero-order valence-corrected chi connectivity index (χ0v) is 19.0. The van der Waals surface area contributed by atoms with E-state index in [0.29, 0.717) is 5.56 Å². The zero-order chi connectivity index (χ0) is 24.0. The van der Waals surface area contributed by atoms with E-state index in [1.807, 2.05) is 42.5 Å². The predicted molar refractivity (Wildman–Crippen MR) is 121 cm³/mol. The fraction of sp³-hybridized carbons (Fsp3) is 0.385. The van der Waals surface area contributed by atoms with Crippen LogP contribution >= 0.6 is 0 Å². The Bertz CT molecular complexity index is 1130. The van der Waals surface area contributed by atoms with Gasteiger partial charge in [-0.3, -0.25) is 9.59 Å². The van der Waals surface area contributed by atoms with Gasteiger partial charge in [-0.05, 0) is 43.5 Å². The number of hydrogen-bond acceptors (Lipinski definition) is 7. The highest BCUT2D eigenvalue weighted by Gasteiger charge is 2.61. The second-order valence-corrected chi connectivity index (χ2v) is 7.66. The van der Waals surface area contributed by atoms with Gasteiger partial charge in [0.1, 0.15) is 5.92 Å². The van der Waals surface area contributed by atoms with Crippen molar-refractivity contribution >= 4 is 28.7 Å². The molecule has 7 heteroatoms. The van der Waals surface area contributed by atoms with Crippen LogP contribution < -0.4 is 0 Å². The lowest BCUT2D eigenvalue weighted by molar-refractivity contribution is -0.167. The van der Waals surface area contributed by atoms with Gasteiger partial charge in [-0.1, -0.05) is 48.5 Å². The van der Waals surface area contributed by atoms with Crippen LogP contribution in [0.4, 0.5) is 0 Å². The molecule has 0 aromatic heterocycles. The summed E-state index contributed by atoms with van der Waals surface area (Å²) < 4.78 is 15.7. The van der Waals surface area contributed by atoms with Gasteiger partial charge in [-0.2, -0.15) is 5.26 Å². The molecule has 7 nitrogen and oxygen atoms in total. The summed E-state index contributed by atoms with van der Waals surface area (Å²) in [6.07, 6.45) is 1.75. The average Bonchev–Trinajstić information content (AvgIpc) is 2.83. The minimum Gasteiger partial charge on any atom is -0.465 e. The molecule has 0 unspecified atom stereocenters. The predicted octanol–water partition coefficient (Wildman–Crippen LogP) is 4.07. The van der Waals surface area contributed by atoms with Crippen molar-refractivity contribution in [1.82, 2.24) is 0 Å². The number of nitrogens with zero attached hydrogens (tertiary/aromatic N) is 1. The van der Waals surface area contributed by atoms with Crippen LogP contribution in [0.2, 0.25) is 0 Å². The maximum atomic E-state index is 13.4. The molecule has 0 aliphatic heterocycles. The van der Waals surface area contributed by atoms with E-state index in [-0.39, 0.29) is 31.8 Å². The number of benzene rings is 2. The topological polar surface area (TPSA) is 103 Å². The maximum Gasteiger partial charge on any atom is 0.334 e. The SMILES string of the molecule is CCOC(=O)C1=CC[C@H](c2ccc3ccccc3c2)[C@@](C#N)(C(=O)OCC)[C@@H]1C(=O)OCC. The molecule has 0 spiro atoms. The van der Waals surface area contributed by atoms with Crippen LogP contribution in [0.25, 0.3) is 10.8 Å². The van der Waals surface area contributed by atoms with Gasteiger partial charge in [0.25, 0.3) is 0 Å². The van der Waals surface area contributed by atoms with E-state index in [1.165, 1.54) is 0 Å². The summed E-state index contributed by atoms with van der Waals surface area (Å²) in [5.41, 5.74) is -1.36. The highest BCUT2D eigenvalue weighted by atomic mass is 16.5. The number of hydrogen-bond donors (Lipinski definition) is 0. The van der Waals surface area contributed by atoms with Gasteiger partial charge in [0.15, 0.2) is 5.41 Å². The van der Waals surface area contributed by atoms with E-state index in [1.54, 1.807) is 26.8 Å². The number of allylic oxidation sites excluding steroid dienone is 1. The third kappa shape index (κ3) is 4.34. The van der Waals surface area contributed by atoms with Gasteiger partial charge < -0.3 is 14.2 Å². The molecule has 2 aromatic carbocycles. The Balaban J connectivity index is 2.26. The van der Waals surface area contributed by atoms with Crippen molar-refractivity contribution in [1.29, 1.82) is 5.26 Å². The van der Waals surface area contributed by atoms with E-state index in [2.05, 4.69) is 6.07 Å². The maximum absolute atomic E-state index is 13.4. The smallest absolute Gasteiger partial charge is 0.334 e. The highest BCUT2D eigenvalue weighted by Crippen LogP contribution is 2.52. The number of carbonyl (C=O) groups excluding carboxylic acids is 3. The summed E-state index contributed by atoms with van der Waals surface area (Å²) in [4.78, 5) is 39.3. The zero-order valence-electron chi connectivity index (χ0n) is 19.0. The first-order valence-electron chi connectivity index (χ1n) is 11.0. The van der Waals surface area contributed by atoms with Crippen LogP contribution in [0.1, 0.15) is 38.7 Å². The van der Waals surface area contributed by atoms with Crippen LogP contribution in [-0.4, -0.2) is 37.7 Å². The Morgan fingerprint density at radius 3 is 2.27 bits per heavy atom.